The molecule has 0 saturated carbocycles. The molecule has 0 radical (unpaired) electrons. The first-order valence-corrected chi connectivity index (χ1v) is 6.10. The van der Waals surface area contributed by atoms with E-state index >= 15 is 0 Å². The summed E-state index contributed by atoms with van der Waals surface area (Å²) in [5.74, 6) is 0. The lowest BCUT2D eigenvalue weighted by molar-refractivity contribution is 0.200. The Kier molecular flexibility index (Phi) is 4.50. The Hall–Kier alpha value is -1.65. The standard InChI is InChI=1S/C14H19N3O/c1-12(10-15-6-8-18-2)9-13-11-17-7-4-3-5-14(17)16-13/h3-5,7,9,11,15H,6,8,10H2,1-2H3. The fourth-order valence-electron chi connectivity index (χ4n) is 1.79. The van der Waals surface area contributed by atoms with Crippen LogP contribution in [0.4, 0.5) is 0 Å². The maximum absolute atomic E-state index is 4.98. The van der Waals surface area contributed by atoms with E-state index in [1.54, 1.807) is 7.11 Å². The lowest BCUT2D eigenvalue weighted by Gasteiger charge is -2.03. The smallest absolute Gasteiger partial charge is 0.137 e. The number of rotatable bonds is 6. The Labute approximate surface area is 107 Å². The van der Waals surface area contributed by atoms with Crippen LogP contribution in [-0.4, -0.2) is 36.2 Å². The Morgan fingerprint density at radius 2 is 2.39 bits per heavy atom. The quantitative estimate of drug-likeness (QED) is 0.791. The summed E-state index contributed by atoms with van der Waals surface area (Å²) in [6.45, 7) is 4.57. The first-order valence-electron chi connectivity index (χ1n) is 6.10. The summed E-state index contributed by atoms with van der Waals surface area (Å²) in [5, 5.41) is 3.31. The molecule has 2 aromatic rings. The van der Waals surface area contributed by atoms with E-state index in [0.717, 1.165) is 31.0 Å². The van der Waals surface area contributed by atoms with Gasteiger partial charge < -0.3 is 14.5 Å². The lowest BCUT2D eigenvalue weighted by Crippen LogP contribution is -2.20. The molecule has 0 aliphatic carbocycles. The van der Waals surface area contributed by atoms with Gasteiger partial charge in [0.1, 0.15) is 5.65 Å². The largest absolute Gasteiger partial charge is 0.383 e. The number of aromatic nitrogens is 2. The van der Waals surface area contributed by atoms with Gasteiger partial charge in [-0.15, -0.1) is 0 Å². The minimum Gasteiger partial charge on any atom is -0.383 e. The van der Waals surface area contributed by atoms with Crippen molar-refractivity contribution in [2.45, 2.75) is 6.92 Å². The van der Waals surface area contributed by atoms with Crippen LogP contribution in [0.15, 0.2) is 36.2 Å². The third-order valence-corrected chi connectivity index (χ3v) is 2.66. The molecule has 0 saturated heterocycles. The third kappa shape index (κ3) is 3.42. The summed E-state index contributed by atoms with van der Waals surface area (Å²) < 4.78 is 7.01. The fourth-order valence-corrected chi connectivity index (χ4v) is 1.79. The Bertz CT molecular complexity index is 498. The van der Waals surface area contributed by atoms with Crippen molar-refractivity contribution in [3.8, 4) is 0 Å². The van der Waals surface area contributed by atoms with Crippen molar-refractivity contribution in [3.63, 3.8) is 0 Å². The number of fused-ring (bicyclic) bond motifs is 1. The third-order valence-electron chi connectivity index (χ3n) is 2.66. The minimum atomic E-state index is 0.738. The molecule has 96 valence electrons. The second-order valence-electron chi connectivity index (χ2n) is 4.29. The number of nitrogens with zero attached hydrogens (tertiary/aromatic N) is 2. The normalized spacial score (nSPS) is 12.2. The summed E-state index contributed by atoms with van der Waals surface area (Å²) in [6.07, 6.45) is 6.15. The van der Waals surface area contributed by atoms with Crippen molar-refractivity contribution in [3.05, 3.63) is 41.9 Å². The van der Waals surface area contributed by atoms with E-state index in [0.29, 0.717) is 0 Å². The van der Waals surface area contributed by atoms with E-state index in [2.05, 4.69) is 23.3 Å². The number of methoxy groups -OCH3 is 1. The van der Waals surface area contributed by atoms with E-state index in [1.165, 1.54) is 5.57 Å². The zero-order valence-electron chi connectivity index (χ0n) is 10.9. The van der Waals surface area contributed by atoms with Gasteiger partial charge in [-0.1, -0.05) is 11.6 Å². The molecule has 0 atom stereocenters. The Balaban J connectivity index is 1.98. The van der Waals surface area contributed by atoms with Gasteiger partial charge in [-0.25, -0.2) is 4.98 Å². The van der Waals surface area contributed by atoms with Crippen molar-refractivity contribution in [2.75, 3.05) is 26.8 Å². The first kappa shape index (κ1) is 12.8. The van der Waals surface area contributed by atoms with Crippen LogP contribution in [0.3, 0.4) is 0 Å². The zero-order valence-corrected chi connectivity index (χ0v) is 10.9. The summed E-state index contributed by atoms with van der Waals surface area (Å²) in [6, 6.07) is 6.00. The SMILES string of the molecule is COCCNCC(C)=Cc1cn2ccccc2n1. The van der Waals surface area contributed by atoms with Crippen LogP contribution in [0, 0.1) is 0 Å². The highest BCUT2D eigenvalue weighted by Gasteiger charge is 1.98. The molecule has 0 aliphatic rings. The minimum absolute atomic E-state index is 0.738. The van der Waals surface area contributed by atoms with Crippen LogP contribution >= 0.6 is 0 Å². The molecule has 4 nitrogen and oxygen atoms in total. The van der Waals surface area contributed by atoms with Gasteiger partial charge in [0.05, 0.1) is 12.3 Å². The zero-order chi connectivity index (χ0) is 12.8. The van der Waals surface area contributed by atoms with Gasteiger partial charge in [-0.3, -0.25) is 0 Å². The number of hydrogen-bond donors (Lipinski definition) is 1. The maximum Gasteiger partial charge on any atom is 0.137 e. The molecule has 2 heterocycles. The van der Waals surface area contributed by atoms with Gasteiger partial charge in [0.2, 0.25) is 0 Å². The summed E-state index contributed by atoms with van der Waals surface area (Å²) in [5.41, 5.74) is 3.23. The molecule has 18 heavy (non-hydrogen) atoms. The molecule has 0 bridgehead atoms. The molecule has 1 N–H and O–H groups in total. The van der Waals surface area contributed by atoms with Crippen molar-refractivity contribution in [1.29, 1.82) is 0 Å². The highest BCUT2D eigenvalue weighted by Crippen LogP contribution is 2.08. The molecule has 4 heteroatoms. The van der Waals surface area contributed by atoms with Gasteiger partial charge in [0.15, 0.2) is 0 Å². The molecule has 0 aliphatic heterocycles. The van der Waals surface area contributed by atoms with Gasteiger partial charge in [0, 0.05) is 32.6 Å². The predicted molar refractivity (Wildman–Crippen MR) is 73.6 cm³/mol. The summed E-state index contributed by atoms with van der Waals surface area (Å²) >= 11 is 0. The van der Waals surface area contributed by atoms with Crippen molar-refractivity contribution in [1.82, 2.24) is 14.7 Å². The molecule has 0 spiro atoms. The number of imidazole rings is 1. The number of hydrogen-bond acceptors (Lipinski definition) is 3. The predicted octanol–water partition coefficient (Wildman–Crippen LogP) is 1.97. The van der Waals surface area contributed by atoms with Crippen LogP contribution in [0.5, 0.6) is 0 Å². The average Bonchev–Trinajstić information content (AvgIpc) is 2.76. The van der Waals surface area contributed by atoms with E-state index < -0.39 is 0 Å². The summed E-state index contributed by atoms with van der Waals surface area (Å²) in [4.78, 5) is 4.53. The van der Waals surface area contributed by atoms with Crippen molar-refractivity contribution in [2.24, 2.45) is 0 Å². The number of pyridine rings is 1. The molecule has 0 aromatic carbocycles. The molecule has 0 unspecified atom stereocenters. The second-order valence-corrected chi connectivity index (χ2v) is 4.29. The summed E-state index contributed by atoms with van der Waals surface area (Å²) in [7, 11) is 1.71. The van der Waals surface area contributed by atoms with Gasteiger partial charge in [-0.05, 0) is 25.1 Å². The van der Waals surface area contributed by atoms with Gasteiger partial charge >= 0.3 is 0 Å². The van der Waals surface area contributed by atoms with Crippen LogP contribution in [0.2, 0.25) is 0 Å². The topological polar surface area (TPSA) is 38.6 Å². The van der Waals surface area contributed by atoms with Crippen LogP contribution in [0.1, 0.15) is 12.6 Å². The fraction of sp³-hybridized carbons (Fsp3) is 0.357. The monoisotopic (exact) mass is 245 g/mol. The van der Waals surface area contributed by atoms with Crippen molar-refractivity contribution >= 4 is 11.7 Å². The molecule has 0 fully saturated rings. The van der Waals surface area contributed by atoms with Gasteiger partial charge in [-0.2, -0.15) is 0 Å². The van der Waals surface area contributed by atoms with Crippen LogP contribution < -0.4 is 5.32 Å². The van der Waals surface area contributed by atoms with Gasteiger partial charge in [0.25, 0.3) is 0 Å². The van der Waals surface area contributed by atoms with E-state index in [4.69, 9.17) is 4.74 Å². The second kappa shape index (κ2) is 6.33. The number of nitrogens with one attached hydrogen (secondary N) is 1. The molecule has 2 aromatic heterocycles. The highest BCUT2D eigenvalue weighted by atomic mass is 16.5. The molecular formula is C14H19N3O. The highest BCUT2D eigenvalue weighted by molar-refractivity contribution is 5.53. The van der Waals surface area contributed by atoms with E-state index in [1.807, 2.05) is 35.0 Å². The average molecular weight is 245 g/mol. The Morgan fingerprint density at radius 1 is 1.50 bits per heavy atom. The molecule has 0 amide bonds. The van der Waals surface area contributed by atoms with Crippen LogP contribution in [-0.2, 0) is 4.74 Å². The molecule has 2 rings (SSSR count). The first-order chi connectivity index (χ1) is 8.79. The number of ether oxygens (including phenoxy) is 1. The van der Waals surface area contributed by atoms with Crippen LogP contribution in [0.25, 0.3) is 11.7 Å². The van der Waals surface area contributed by atoms with E-state index in [9.17, 15) is 0 Å². The Morgan fingerprint density at radius 3 is 3.17 bits per heavy atom. The molecular weight excluding hydrogens is 226 g/mol. The van der Waals surface area contributed by atoms with E-state index in [-0.39, 0.29) is 0 Å². The lowest BCUT2D eigenvalue weighted by atomic mass is 10.2. The van der Waals surface area contributed by atoms with Crippen molar-refractivity contribution < 1.29 is 4.74 Å². The maximum atomic E-state index is 4.98.